The molecular formula is C24H34N6O4S. The standard InChI is InChI=1S/C24H34N6O4S/c1-23(2,28-35(3,33)34)5-8-30-22(29-7-4-6-25-29)19(14-26-30)21(32)27-20-17-9-16-10-18(20)13-24(11-16,12-17)15-31/h4-8,14,16-18,20,28,31H,9-13,15H2,1-3H3,(H,27,32)/b8-5+/t16?,17?,18?,20-,24-. The first-order chi connectivity index (χ1) is 16.5. The summed E-state index contributed by atoms with van der Waals surface area (Å²) >= 11 is 0. The van der Waals surface area contributed by atoms with Gasteiger partial charge < -0.3 is 10.4 Å². The van der Waals surface area contributed by atoms with E-state index in [4.69, 9.17) is 0 Å². The van der Waals surface area contributed by atoms with Crippen molar-refractivity contribution in [2.75, 3.05) is 12.9 Å². The fourth-order valence-electron chi connectivity index (χ4n) is 6.87. The Morgan fingerprint density at radius 2 is 1.97 bits per heavy atom. The second-order valence-electron chi connectivity index (χ2n) is 11.3. The molecule has 0 spiro atoms. The molecule has 0 aliphatic heterocycles. The van der Waals surface area contributed by atoms with Crippen LogP contribution in [0.3, 0.4) is 0 Å². The van der Waals surface area contributed by atoms with Gasteiger partial charge in [-0.3, -0.25) is 4.79 Å². The summed E-state index contributed by atoms with van der Waals surface area (Å²) in [5.74, 6) is 1.73. The van der Waals surface area contributed by atoms with E-state index in [0.717, 1.165) is 38.4 Å². The minimum atomic E-state index is -3.41. The van der Waals surface area contributed by atoms with Crippen molar-refractivity contribution in [3.8, 4) is 5.82 Å². The molecule has 2 unspecified atom stereocenters. The van der Waals surface area contributed by atoms with E-state index in [2.05, 4.69) is 20.2 Å². The minimum absolute atomic E-state index is 0.0421. The molecule has 4 aliphatic rings. The van der Waals surface area contributed by atoms with Crippen molar-refractivity contribution >= 4 is 22.1 Å². The zero-order valence-corrected chi connectivity index (χ0v) is 21.2. The monoisotopic (exact) mass is 502 g/mol. The van der Waals surface area contributed by atoms with Gasteiger partial charge in [-0.25, -0.2) is 22.5 Å². The molecule has 0 saturated heterocycles. The fourth-order valence-corrected chi connectivity index (χ4v) is 7.89. The zero-order valence-electron chi connectivity index (χ0n) is 20.4. The highest BCUT2D eigenvalue weighted by molar-refractivity contribution is 7.88. The van der Waals surface area contributed by atoms with Crippen molar-refractivity contribution in [3.05, 3.63) is 36.3 Å². The van der Waals surface area contributed by atoms with E-state index in [9.17, 15) is 18.3 Å². The average Bonchev–Trinajstić information content (AvgIpc) is 3.42. The maximum absolute atomic E-state index is 13.5. The van der Waals surface area contributed by atoms with Gasteiger partial charge in [-0.2, -0.15) is 10.2 Å². The van der Waals surface area contributed by atoms with Gasteiger partial charge in [0.1, 0.15) is 5.56 Å². The van der Waals surface area contributed by atoms with Crippen molar-refractivity contribution in [1.29, 1.82) is 0 Å². The van der Waals surface area contributed by atoms with Crippen LogP contribution in [0.1, 0.15) is 56.3 Å². The molecule has 190 valence electrons. The Morgan fingerprint density at radius 1 is 1.26 bits per heavy atom. The van der Waals surface area contributed by atoms with Crippen LogP contribution in [0.25, 0.3) is 12.0 Å². The molecular weight excluding hydrogens is 468 g/mol. The lowest BCUT2D eigenvalue weighted by molar-refractivity contribution is -0.0969. The predicted molar refractivity (Wildman–Crippen MR) is 131 cm³/mol. The molecule has 1 amide bonds. The first-order valence-electron chi connectivity index (χ1n) is 12.2. The number of aliphatic hydroxyl groups excluding tert-OH is 1. The lowest BCUT2D eigenvalue weighted by Gasteiger charge is -2.59. The molecule has 3 N–H and O–H groups in total. The Bertz CT molecular complexity index is 1220. The van der Waals surface area contributed by atoms with Crippen LogP contribution in [0.2, 0.25) is 0 Å². The third-order valence-electron chi connectivity index (χ3n) is 7.85. The van der Waals surface area contributed by atoms with E-state index >= 15 is 0 Å². The minimum Gasteiger partial charge on any atom is -0.396 e. The van der Waals surface area contributed by atoms with Crippen LogP contribution in [0.15, 0.2) is 30.7 Å². The highest BCUT2D eigenvalue weighted by Crippen LogP contribution is 2.59. The van der Waals surface area contributed by atoms with Gasteiger partial charge in [0.25, 0.3) is 5.91 Å². The molecule has 35 heavy (non-hydrogen) atoms. The van der Waals surface area contributed by atoms with Gasteiger partial charge in [-0.05, 0) is 81.3 Å². The molecule has 2 heterocycles. The highest BCUT2D eigenvalue weighted by atomic mass is 32.2. The number of aliphatic hydroxyl groups is 1. The Hall–Kier alpha value is -2.50. The number of carbonyl (C=O) groups excluding carboxylic acids is 1. The summed E-state index contributed by atoms with van der Waals surface area (Å²) in [6, 6.07) is 1.87. The van der Waals surface area contributed by atoms with E-state index in [1.165, 1.54) is 10.9 Å². The maximum atomic E-state index is 13.5. The summed E-state index contributed by atoms with van der Waals surface area (Å²) in [4.78, 5) is 13.5. The first kappa shape index (κ1) is 24.2. The number of hydrogen-bond acceptors (Lipinski definition) is 6. The van der Waals surface area contributed by atoms with Gasteiger partial charge in [0.05, 0.1) is 12.5 Å². The third-order valence-corrected chi connectivity index (χ3v) is 8.75. The summed E-state index contributed by atoms with van der Waals surface area (Å²) in [6.07, 6.45) is 14.6. The van der Waals surface area contributed by atoms with E-state index < -0.39 is 15.6 Å². The molecule has 4 fully saturated rings. The van der Waals surface area contributed by atoms with Crippen LogP contribution in [0.5, 0.6) is 0 Å². The molecule has 4 bridgehead atoms. The summed E-state index contributed by atoms with van der Waals surface area (Å²) in [5.41, 5.74) is -0.412. The van der Waals surface area contributed by atoms with E-state index in [1.54, 1.807) is 49.3 Å². The summed E-state index contributed by atoms with van der Waals surface area (Å²) in [5, 5.41) is 22.1. The second kappa shape index (κ2) is 8.56. The zero-order chi connectivity index (χ0) is 25.0. The topological polar surface area (TPSA) is 131 Å². The molecule has 10 nitrogen and oxygen atoms in total. The molecule has 11 heteroatoms. The SMILES string of the molecule is CC(C)(/C=C/n1ncc(C(=O)N[C@H]2C3CC4CC2C[C@](CO)(C4)C3)c1-n1cccn1)NS(C)(=O)=O. The summed E-state index contributed by atoms with van der Waals surface area (Å²) in [7, 11) is -3.41. The van der Waals surface area contributed by atoms with E-state index in [0.29, 0.717) is 29.1 Å². The van der Waals surface area contributed by atoms with Gasteiger partial charge in [0.15, 0.2) is 5.82 Å². The number of hydrogen-bond donors (Lipinski definition) is 3. The smallest absolute Gasteiger partial charge is 0.257 e. The molecule has 0 radical (unpaired) electrons. The van der Waals surface area contributed by atoms with Crippen molar-refractivity contribution in [3.63, 3.8) is 0 Å². The van der Waals surface area contributed by atoms with Crippen molar-refractivity contribution in [2.24, 2.45) is 23.2 Å². The largest absolute Gasteiger partial charge is 0.396 e. The Labute approximate surface area is 205 Å². The second-order valence-corrected chi connectivity index (χ2v) is 13.1. The average molecular weight is 503 g/mol. The molecule has 0 aromatic carbocycles. The normalized spacial score (nSPS) is 30.3. The first-order valence-corrected chi connectivity index (χ1v) is 14.0. The molecule has 2 atom stereocenters. The number of aromatic nitrogens is 4. The number of nitrogens with zero attached hydrogens (tertiary/aromatic N) is 4. The Balaban J connectivity index is 1.40. The lowest BCUT2D eigenvalue weighted by atomic mass is 9.48. The van der Waals surface area contributed by atoms with Crippen LogP contribution >= 0.6 is 0 Å². The van der Waals surface area contributed by atoms with Gasteiger partial charge in [0.2, 0.25) is 10.0 Å². The molecule has 4 saturated carbocycles. The quantitative estimate of drug-likeness (QED) is 0.504. The van der Waals surface area contributed by atoms with Crippen molar-refractivity contribution in [2.45, 2.75) is 57.5 Å². The van der Waals surface area contributed by atoms with Crippen molar-refractivity contribution in [1.82, 2.24) is 29.6 Å². The molecule has 2 aromatic heterocycles. The summed E-state index contributed by atoms with van der Waals surface area (Å²) < 4.78 is 29.1. The number of carbonyl (C=O) groups is 1. The molecule has 6 rings (SSSR count). The fraction of sp³-hybridized carbons (Fsp3) is 0.625. The Kier molecular flexibility index (Phi) is 5.92. The number of rotatable bonds is 8. The highest BCUT2D eigenvalue weighted by Gasteiger charge is 2.55. The summed E-state index contributed by atoms with van der Waals surface area (Å²) in [6.45, 7) is 3.71. The van der Waals surface area contributed by atoms with Crippen LogP contribution < -0.4 is 10.0 Å². The van der Waals surface area contributed by atoms with Gasteiger partial charge in [0, 0.05) is 36.8 Å². The van der Waals surface area contributed by atoms with Crippen molar-refractivity contribution < 1.29 is 18.3 Å². The van der Waals surface area contributed by atoms with Crippen LogP contribution in [0, 0.1) is 23.2 Å². The van der Waals surface area contributed by atoms with E-state index in [-0.39, 0.29) is 24.0 Å². The lowest BCUT2D eigenvalue weighted by Crippen LogP contribution is -2.60. The van der Waals surface area contributed by atoms with Gasteiger partial charge in [-0.1, -0.05) is 0 Å². The number of amides is 1. The maximum Gasteiger partial charge on any atom is 0.257 e. The molecule has 4 aliphatic carbocycles. The number of sulfonamides is 1. The van der Waals surface area contributed by atoms with Gasteiger partial charge >= 0.3 is 0 Å². The third kappa shape index (κ3) is 4.81. The number of nitrogens with one attached hydrogen (secondary N) is 2. The molecule has 2 aromatic rings. The van der Waals surface area contributed by atoms with E-state index in [1.807, 2.05) is 0 Å². The Morgan fingerprint density at radius 3 is 2.57 bits per heavy atom. The van der Waals surface area contributed by atoms with Crippen LogP contribution in [-0.2, 0) is 10.0 Å². The predicted octanol–water partition coefficient (Wildman–Crippen LogP) is 1.78. The van der Waals surface area contributed by atoms with Crippen LogP contribution in [0.4, 0.5) is 0 Å². The van der Waals surface area contributed by atoms with Gasteiger partial charge in [-0.15, -0.1) is 0 Å². The van der Waals surface area contributed by atoms with Crippen LogP contribution in [-0.4, -0.2) is 63.4 Å².